The summed E-state index contributed by atoms with van der Waals surface area (Å²) in [6.07, 6.45) is 7.54. The number of ether oxygens (including phenoxy) is 1. The molecule has 1 aliphatic heterocycles. The SMILES string of the molecule is CCN(CC1CCCCO1)C(=O)Cc1ccncc1. The van der Waals surface area contributed by atoms with Gasteiger partial charge in [0.2, 0.25) is 5.91 Å². The molecule has 0 aromatic carbocycles. The molecule has 1 aromatic heterocycles. The number of amides is 1. The maximum atomic E-state index is 12.3. The Labute approximate surface area is 114 Å². The summed E-state index contributed by atoms with van der Waals surface area (Å²) in [7, 11) is 0. The van der Waals surface area contributed by atoms with Crippen molar-refractivity contribution in [1.82, 2.24) is 9.88 Å². The minimum atomic E-state index is 0.169. The van der Waals surface area contributed by atoms with Gasteiger partial charge < -0.3 is 9.64 Å². The monoisotopic (exact) mass is 262 g/mol. The molecule has 19 heavy (non-hydrogen) atoms. The van der Waals surface area contributed by atoms with E-state index >= 15 is 0 Å². The standard InChI is InChI=1S/C15H22N2O2/c1-2-17(12-14-5-3-4-10-19-14)15(18)11-13-6-8-16-9-7-13/h6-9,14H,2-5,10-12H2,1H3. The summed E-state index contributed by atoms with van der Waals surface area (Å²) in [6.45, 7) is 4.32. The minimum absolute atomic E-state index is 0.169. The predicted molar refractivity (Wildman–Crippen MR) is 73.8 cm³/mol. The second-order valence-electron chi connectivity index (χ2n) is 4.95. The van der Waals surface area contributed by atoms with Gasteiger partial charge in [0.15, 0.2) is 0 Å². The summed E-state index contributed by atoms with van der Waals surface area (Å²) < 4.78 is 5.71. The fraction of sp³-hybridized carbons (Fsp3) is 0.600. The average Bonchev–Trinajstić information content (AvgIpc) is 2.47. The third kappa shape index (κ3) is 4.31. The number of nitrogens with zero attached hydrogens (tertiary/aromatic N) is 2. The first-order valence-electron chi connectivity index (χ1n) is 7.08. The van der Waals surface area contributed by atoms with Crippen LogP contribution in [0.5, 0.6) is 0 Å². The van der Waals surface area contributed by atoms with E-state index in [1.54, 1.807) is 12.4 Å². The Bertz CT molecular complexity index is 388. The van der Waals surface area contributed by atoms with E-state index in [-0.39, 0.29) is 12.0 Å². The zero-order valence-corrected chi connectivity index (χ0v) is 11.5. The van der Waals surface area contributed by atoms with Crippen molar-refractivity contribution in [2.75, 3.05) is 19.7 Å². The van der Waals surface area contributed by atoms with Crippen LogP contribution < -0.4 is 0 Å². The number of rotatable bonds is 5. The molecule has 0 aliphatic carbocycles. The number of hydrogen-bond donors (Lipinski definition) is 0. The molecule has 104 valence electrons. The molecule has 2 rings (SSSR count). The third-order valence-corrected chi connectivity index (χ3v) is 3.54. The van der Waals surface area contributed by atoms with E-state index in [0.717, 1.165) is 38.1 Å². The molecular formula is C15H22N2O2. The average molecular weight is 262 g/mol. The Balaban J connectivity index is 1.87. The molecule has 1 saturated heterocycles. The van der Waals surface area contributed by atoms with E-state index in [9.17, 15) is 4.79 Å². The lowest BCUT2D eigenvalue weighted by atomic mass is 10.1. The molecule has 0 spiro atoms. The van der Waals surface area contributed by atoms with Crippen molar-refractivity contribution < 1.29 is 9.53 Å². The Kier molecular flexibility index (Phi) is 5.33. The van der Waals surface area contributed by atoms with Gasteiger partial charge in [-0.2, -0.15) is 0 Å². The normalized spacial score (nSPS) is 19.1. The quantitative estimate of drug-likeness (QED) is 0.815. The summed E-state index contributed by atoms with van der Waals surface area (Å²) in [6, 6.07) is 3.78. The fourth-order valence-electron chi connectivity index (χ4n) is 2.39. The summed E-state index contributed by atoms with van der Waals surface area (Å²) in [5.74, 6) is 0.169. The molecule has 1 amide bonds. The van der Waals surface area contributed by atoms with Crippen molar-refractivity contribution in [3.05, 3.63) is 30.1 Å². The summed E-state index contributed by atoms with van der Waals surface area (Å²) >= 11 is 0. The molecule has 1 fully saturated rings. The van der Waals surface area contributed by atoms with Crippen molar-refractivity contribution in [3.63, 3.8) is 0 Å². The van der Waals surface area contributed by atoms with E-state index in [0.29, 0.717) is 6.42 Å². The lowest BCUT2D eigenvalue weighted by Crippen LogP contribution is -2.40. The molecule has 1 aliphatic rings. The number of hydrogen-bond acceptors (Lipinski definition) is 3. The molecule has 1 aromatic rings. The lowest BCUT2D eigenvalue weighted by Gasteiger charge is -2.29. The molecule has 0 radical (unpaired) electrons. The zero-order chi connectivity index (χ0) is 13.5. The maximum absolute atomic E-state index is 12.3. The summed E-state index contributed by atoms with van der Waals surface area (Å²) in [5.41, 5.74) is 1.02. The van der Waals surface area contributed by atoms with Gasteiger partial charge in [-0.05, 0) is 43.9 Å². The second-order valence-corrected chi connectivity index (χ2v) is 4.95. The van der Waals surface area contributed by atoms with Gasteiger partial charge in [-0.1, -0.05) is 0 Å². The second kappa shape index (κ2) is 7.24. The highest BCUT2D eigenvalue weighted by atomic mass is 16.5. The molecule has 2 heterocycles. The van der Waals surface area contributed by atoms with Crippen LogP contribution in [0, 0.1) is 0 Å². The van der Waals surface area contributed by atoms with Gasteiger partial charge in [-0.15, -0.1) is 0 Å². The number of aromatic nitrogens is 1. The first-order chi connectivity index (χ1) is 9.29. The third-order valence-electron chi connectivity index (χ3n) is 3.54. The van der Waals surface area contributed by atoms with Crippen LogP contribution in [0.15, 0.2) is 24.5 Å². The summed E-state index contributed by atoms with van der Waals surface area (Å²) in [5, 5.41) is 0. The van der Waals surface area contributed by atoms with E-state index in [1.807, 2.05) is 24.0 Å². The number of likely N-dealkylation sites (N-methyl/N-ethyl adjacent to an activating group) is 1. The summed E-state index contributed by atoms with van der Waals surface area (Å²) in [4.78, 5) is 18.1. The Morgan fingerprint density at radius 3 is 2.84 bits per heavy atom. The number of pyridine rings is 1. The predicted octanol–water partition coefficient (Wildman–Crippen LogP) is 2.04. The van der Waals surface area contributed by atoms with Crippen molar-refractivity contribution in [2.45, 2.75) is 38.7 Å². The van der Waals surface area contributed by atoms with Crippen LogP contribution in [0.25, 0.3) is 0 Å². The maximum Gasteiger partial charge on any atom is 0.227 e. The van der Waals surface area contributed by atoms with E-state index in [4.69, 9.17) is 4.74 Å². The molecular weight excluding hydrogens is 240 g/mol. The molecule has 0 N–H and O–H groups in total. The molecule has 4 nitrogen and oxygen atoms in total. The molecule has 1 atom stereocenters. The smallest absolute Gasteiger partial charge is 0.227 e. The largest absolute Gasteiger partial charge is 0.376 e. The topological polar surface area (TPSA) is 42.4 Å². The van der Waals surface area contributed by atoms with E-state index in [2.05, 4.69) is 4.98 Å². The Morgan fingerprint density at radius 2 is 2.21 bits per heavy atom. The minimum Gasteiger partial charge on any atom is -0.376 e. The van der Waals surface area contributed by atoms with Crippen molar-refractivity contribution in [2.24, 2.45) is 0 Å². The molecule has 1 unspecified atom stereocenters. The van der Waals surface area contributed by atoms with Gasteiger partial charge in [0.05, 0.1) is 12.5 Å². The van der Waals surface area contributed by atoms with E-state index < -0.39 is 0 Å². The van der Waals surface area contributed by atoms with Gasteiger partial charge >= 0.3 is 0 Å². The van der Waals surface area contributed by atoms with Crippen LogP contribution in [0.1, 0.15) is 31.7 Å². The van der Waals surface area contributed by atoms with Crippen molar-refractivity contribution >= 4 is 5.91 Å². The van der Waals surface area contributed by atoms with Gasteiger partial charge in [0.1, 0.15) is 0 Å². The van der Waals surface area contributed by atoms with Crippen LogP contribution in [0.2, 0.25) is 0 Å². The fourth-order valence-corrected chi connectivity index (χ4v) is 2.39. The Hall–Kier alpha value is -1.42. The van der Waals surface area contributed by atoms with Crippen LogP contribution in [0.4, 0.5) is 0 Å². The van der Waals surface area contributed by atoms with Crippen molar-refractivity contribution in [3.8, 4) is 0 Å². The molecule has 0 saturated carbocycles. The highest BCUT2D eigenvalue weighted by Crippen LogP contribution is 2.14. The van der Waals surface area contributed by atoms with Gasteiger partial charge in [-0.3, -0.25) is 9.78 Å². The molecule has 0 bridgehead atoms. The van der Waals surface area contributed by atoms with Crippen molar-refractivity contribution in [1.29, 1.82) is 0 Å². The van der Waals surface area contributed by atoms with Gasteiger partial charge in [0, 0.05) is 32.1 Å². The lowest BCUT2D eigenvalue weighted by molar-refractivity contribution is -0.132. The highest BCUT2D eigenvalue weighted by molar-refractivity contribution is 5.78. The van der Waals surface area contributed by atoms with Crippen LogP contribution >= 0.6 is 0 Å². The van der Waals surface area contributed by atoms with Crippen LogP contribution in [0.3, 0.4) is 0 Å². The number of carbonyl (C=O) groups excluding carboxylic acids is 1. The van der Waals surface area contributed by atoms with Gasteiger partial charge in [-0.25, -0.2) is 0 Å². The molecule has 4 heteroatoms. The first-order valence-corrected chi connectivity index (χ1v) is 7.08. The Morgan fingerprint density at radius 1 is 1.42 bits per heavy atom. The van der Waals surface area contributed by atoms with E-state index in [1.165, 1.54) is 6.42 Å². The van der Waals surface area contributed by atoms with Gasteiger partial charge in [0.25, 0.3) is 0 Å². The zero-order valence-electron chi connectivity index (χ0n) is 11.5. The highest BCUT2D eigenvalue weighted by Gasteiger charge is 2.20. The van der Waals surface area contributed by atoms with Crippen LogP contribution in [-0.2, 0) is 16.0 Å². The first kappa shape index (κ1) is 14.0. The number of carbonyl (C=O) groups is 1. The van der Waals surface area contributed by atoms with Crippen LogP contribution in [-0.4, -0.2) is 41.6 Å².